The number of anilines is 3. The van der Waals surface area contributed by atoms with Crippen LogP contribution in [0.2, 0.25) is 0 Å². The molecule has 4 aromatic rings. The van der Waals surface area contributed by atoms with E-state index in [2.05, 4.69) is 4.90 Å². The van der Waals surface area contributed by atoms with Crippen LogP contribution in [0, 0.1) is 0 Å². The maximum atomic E-state index is 13.2. The molecule has 0 heterocycles. The van der Waals surface area contributed by atoms with Gasteiger partial charge in [-0.3, -0.25) is 4.79 Å². The van der Waals surface area contributed by atoms with E-state index >= 15 is 0 Å². The minimum Gasteiger partial charge on any atom is -0.508 e. The molecule has 0 bridgehead atoms. The average Bonchev–Trinajstić information content (AvgIpc) is 2.77. The maximum absolute atomic E-state index is 13.2. The molecule has 0 aliphatic carbocycles. The second-order valence-corrected chi connectivity index (χ2v) is 6.75. The lowest BCUT2D eigenvalue weighted by Crippen LogP contribution is -2.15. The highest BCUT2D eigenvalue weighted by Gasteiger charge is 2.20. The van der Waals surface area contributed by atoms with Crippen molar-refractivity contribution in [2.75, 3.05) is 4.90 Å². The minimum atomic E-state index is -0.0426. The van der Waals surface area contributed by atoms with Crippen molar-refractivity contribution >= 4 is 22.8 Å². The number of rotatable bonds is 6. The normalized spacial score (nSPS) is 10.5. The number of Topliss-reactive ketones (excluding diaryl/α,β-unsaturated/α-hetero) is 1. The van der Waals surface area contributed by atoms with Crippen LogP contribution in [0.4, 0.5) is 17.1 Å². The molecule has 0 unspecified atom stereocenters. The number of ketones is 1. The van der Waals surface area contributed by atoms with E-state index in [0.29, 0.717) is 11.1 Å². The summed E-state index contributed by atoms with van der Waals surface area (Å²) in [6.07, 6.45) is 0.140. The number of aromatic hydroxyl groups is 1. The van der Waals surface area contributed by atoms with Gasteiger partial charge in [-0.2, -0.15) is 0 Å². The van der Waals surface area contributed by atoms with Gasteiger partial charge in [0.25, 0.3) is 0 Å². The fraction of sp³-hybridized carbons (Fsp3) is 0.0385. The summed E-state index contributed by atoms with van der Waals surface area (Å²) in [7, 11) is 0. The van der Waals surface area contributed by atoms with E-state index in [0.717, 1.165) is 17.1 Å². The molecular weight excluding hydrogens is 358 g/mol. The fourth-order valence-electron chi connectivity index (χ4n) is 3.41. The van der Waals surface area contributed by atoms with Crippen LogP contribution in [0.1, 0.15) is 15.9 Å². The molecule has 3 nitrogen and oxygen atoms in total. The first-order valence-electron chi connectivity index (χ1n) is 9.53. The first-order valence-corrected chi connectivity index (χ1v) is 9.53. The van der Waals surface area contributed by atoms with E-state index in [9.17, 15) is 9.90 Å². The maximum Gasteiger partial charge on any atom is 0.169 e. The van der Waals surface area contributed by atoms with Crippen LogP contribution in [0.3, 0.4) is 0 Å². The summed E-state index contributed by atoms with van der Waals surface area (Å²) in [5.74, 6) is 0.0975. The predicted octanol–water partition coefficient (Wildman–Crippen LogP) is 6.29. The number of phenolic OH excluding ortho intramolecular Hbond substituents is 1. The summed E-state index contributed by atoms with van der Waals surface area (Å²) in [6, 6.07) is 34.6. The third kappa shape index (κ3) is 4.04. The average molecular weight is 379 g/mol. The van der Waals surface area contributed by atoms with Gasteiger partial charge in [0, 0.05) is 28.9 Å². The van der Waals surface area contributed by atoms with Crippen molar-refractivity contribution in [3.05, 3.63) is 120 Å². The van der Waals surface area contributed by atoms with E-state index in [1.165, 1.54) is 0 Å². The lowest BCUT2D eigenvalue weighted by molar-refractivity contribution is 0.0992. The zero-order valence-corrected chi connectivity index (χ0v) is 15.9. The van der Waals surface area contributed by atoms with Gasteiger partial charge in [0.1, 0.15) is 5.75 Å². The Morgan fingerprint density at radius 3 is 1.79 bits per heavy atom. The molecule has 0 radical (unpaired) electrons. The standard InChI is InChI=1S/C26H21NO2/c28-25-18-10-7-11-20(25)19-26(29)23-16-8-9-17-24(23)27(21-12-3-1-4-13-21)22-14-5-2-6-15-22/h1-18,28H,19H2. The summed E-state index contributed by atoms with van der Waals surface area (Å²) < 4.78 is 0. The van der Waals surface area contributed by atoms with Crippen molar-refractivity contribution in [3.8, 4) is 5.75 Å². The fourth-order valence-corrected chi connectivity index (χ4v) is 3.41. The van der Waals surface area contributed by atoms with Crippen LogP contribution in [0.15, 0.2) is 109 Å². The molecule has 3 heteroatoms. The summed E-state index contributed by atoms with van der Waals surface area (Å²) in [6.45, 7) is 0. The van der Waals surface area contributed by atoms with Gasteiger partial charge < -0.3 is 10.0 Å². The quantitative estimate of drug-likeness (QED) is 0.400. The number of nitrogens with zero attached hydrogens (tertiary/aromatic N) is 1. The number of carbonyl (C=O) groups is 1. The second kappa shape index (κ2) is 8.44. The van der Waals surface area contributed by atoms with Gasteiger partial charge >= 0.3 is 0 Å². The molecule has 142 valence electrons. The van der Waals surface area contributed by atoms with Crippen molar-refractivity contribution in [2.24, 2.45) is 0 Å². The molecule has 29 heavy (non-hydrogen) atoms. The lowest BCUT2D eigenvalue weighted by atomic mass is 9.99. The number of phenols is 1. The van der Waals surface area contributed by atoms with E-state index in [1.54, 1.807) is 18.2 Å². The molecule has 0 aliphatic rings. The van der Waals surface area contributed by atoms with Crippen LogP contribution in [0.25, 0.3) is 0 Å². The van der Waals surface area contributed by atoms with E-state index in [4.69, 9.17) is 0 Å². The van der Waals surface area contributed by atoms with Gasteiger partial charge in [-0.15, -0.1) is 0 Å². The first kappa shape index (κ1) is 18.5. The van der Waals surface area contributed by atoms with E-state index in [1.807, 2.05) is 91.0 Å². The Hall–Kier alpha value is -3.85. The van der Waals surface area contributed by atoms with Gasteiger partial charge in [-0.05, 0) is 42.5 Å². The number of hydrogen-bond acceptors (Lipinski definition) is 3. The Kier molecular flexibility index (Phi) is 5.39. The molecule has 4 rings (SSSR count). The Balaban J connectivity index is 1.79. The van der Waals surface area contributed by atoms with E-state index in [-0.39, 0.29) is 18.0 Å². The molecule has 0 saturated heterocycles. The smallest absolute Gasteiger partial charge is 0.169 e. The highest BCUT2D eigenvalue weighted by molar-refractivity contribution is 6.04. The minimum absolute atomic E-state index is 0.0426. The van der Waals surface area contributed by atoms with Gasteiger partial charge in [0.15, 0.2) is 5.78 Å². The summed E-state index contributed by atoms with van der Waals surface area (Å²) in [5.41, 5.74) is 4.00. The van der Waals surface area contributed by atoms with Crippen LogP contribution >= 0.6 is 0 Å². The van der Waals surface area contributed by atoms with Gasteiger partial charge in [-0.1, -0.05) is 66.7 Å². The van der Waals surface area contributed by atoms with Crippen molar-refractivity contribution in [3.63, 3.8) is 0 Å². The lowest BCUT2D eigenvalue weighted by Gasteiger charge is -2.27. The van der Waals surface area contributed by atoms with Gasteiger partial charge in [-0.25, -0.2) is 0 Å². The number of para-hydroxylation sites is 4. The Morgan fingerprint density at radius 1 is 0.655 bits per heavy atom. The van der Waals surface area contributed by atoms with Crippen LogP contribution in [-0.4, -0.2) is 10.9 Å². The molecule has 1 N–H and O–H groups in total. The van der Waals surface area contributed by atoms with Crippen LogP contribution in [0.5, 0.6) is 5.75 Å². The summed E-state index contributed by atoms with van der Waals surface area (Å²) in [4.78, 5) is 15.3. The Labute approximate surface area is 170 Å². The van der Waals surface area contributed by atoms with Crippen molar-refractivity contribution in [1.29, 1.82) is 0 Å². The van der Waals surface area contributed by atoms with Crippen molar-refractivity contribution in [1.82, 2.24) is 0 Å². The number of hydrogen-bond donors (Lipinski definition) is 1. The van der Waals surface area contributed by atoms with Crippen LogP contribution in [-0.2, 0) is 6.42 Å². The topological polar surface area (TPSA) is 40.5 Å². The number of benzene rings is 4. The molecule has 0 aliphatic heterocycles. The molecule has 0 saturated carbocycles. The van der Waals surface area contributed by atoms with Crippen LogP contribution < -0.4 is 4.90 Å². The summed E-state index contributed by atoms with van der Waals surface area (Å²) >= 11 is 0. The molecule has 0 aromatic heterocycles. The number of carbonyl (C=O) groups excluding carboxylic acids is 1. The van der Waals surface area contributed by atoms with Crippen molar-refractivity contribution < 1.29 is 9.90 Å². The third-order valence-corrected chi connectivity index (χ3v) is 4.82. The first-order chi connectivity index (χ1) is 14.2. The second-order valence-electron chi connectivity index (χ2n) is 6.75. The molecule has 0 fully saturated rings. The molecular formula is C26H21NO2. The predicted molar refractivity (Wildman–Crippen MR) is 117 cm³/mol. The van der Waals surface area contributed by atoms with Gasteiger partial charge in [0.2, 0.25) is 0 Å². The Bertz CT molecular complexity index is 1070. The SMILES string of the molecule is O=C(Cc1ccccc1O)c1ccccc1N(c1ccccc1)c1ccccc1. The zero-order chi connectivity index (χ0) is 20.1. The van der Waals surface area contributed by atoms with E-state index < -0.39 is 0 Å². The molecule has 4 aromatic carbocycles. The molecule has 0 amide bonds. The largest absolute Gasteiger partial charge is 0.508 e. The highest BCUT2D eigenvalue weighted by Crippen LogP contribution is 2.36. The highest BCUT2D eigenvalue weighted by atomic mass is 16.3. The zero-order valence-electron chi connectivity index (χ0n) is 15.9. The van der Waals surface area contributed by atoms with Crippen molar-refractivity contribution in [2.45, 2.75) is 6.42 Å². The molecule has 0 spiro atoms. The summed E-state index contributed by atoms with van der Waals surface area (Å²) in [5, 5.41) is 10.1. The van der Waals surface area contributed by atoms with Gasteiger partial charge in [0.05, 0.1) is 5.69 Å². The Morgan fingerprint density at radius 2 is 1.17 bits per heavy atom. The third-order valence-electron chi connectivity index (χ3n) is 4.82. The monoisotopic (exact) mass is 379 g/mol. The molecule has 0 atom stereocenters.